The van der Waals surface area contributed by atoms with Crippen molar-refractivity contribution >= 4 is 5.97 Å². The van der Waals surface area contributed by atoms with Crippen LogP contribution in [0.5, 0.6) is 0 Å². The molecule has 0 spiro atoms. The number of rotatable bonds is 18. The van der Waals surface area contributed by atoms with E-state index >= 15 is 0 Å². The Morgan fingerprint density at radius 2 is 1.56 bits per heavy atom. The lowest BCUT2D eigenvalue weighted by Crippen LogP contribution is -2.05. The van der Waals surface area contributed by atoms with Crippen molar-refractivity contribution in [3.63, 3.8) is 0 Å². The van der Waals surface area contributed by atoms with Crippen LogP contribution in [-0.2, 0) is 9.53 Å². The van der Waals surface area contributed by atoms with Gasteiger partial charge in [-0.2, -0.15) is 0 Å². The summed E-state index contributed by atoms with van der Waals surface area (Å²) in [5.41, 5.74) is 0. The molecule has 0 saturated heterocycles. The number of unbranched alkanes of at least 4 members (excludes halogenated alkanes) is 9. The summed E-state index contributed by atoms with van der Waals surface area (Å²) >= 11 is 0. The van der Waals surface area contributed by atoms with Gasteiger partial charge >= 0.3 is 5.97 Å². The molecule has 0 amide bonds. The highest BCUT2D eigenvalue weighted by Gasteiger charge is 2.02. The molecule has 0 radical (unpaired) electrons. The van der Waals surface area contributed by atoms with Gasteiger partial charge in [0.15, 0.2) is 0 Å². The Labute approximate surface area is 156 Å². The van der Waals surface area contributed by atoms with Gasteiger partial charge in [-0.3, -0.25) is 4.79 Å². The molecule has 1 atom stereocenters. The summed E-state index contributed by atoms with van der Waals surface area (Å²) < 4.78 is 5.14. The van der Waals surface area contributed by atoms with E-state index in [4.69, 9.17) is 4.74 Å². The molecule has 0 aromatic carbocycles. The van der Waals surface area contributed by atoms with Crippen molar-refractivity contribution in [1.82, 2.24) is 0 Å². The number of esters is 1. The summed E-state index contributed by atoms with van der Waals surface area (Å²) in [5, 5.41) is 9.87. The number of hydrogen-bond donors (Lipinski definition) is 1. The zero-order chi connectivity index (χ0) is 18.6. The van der Waals surface area contributed by atoms with Crippen LogP contribution in [0.15, 0.2) is 12.2 Å². The molecular weight excluding hydrogens is 312 g/mol. The third-order valence-corrected chi connectivity index (χ3v) is 4.48. The first-order chi connectivity index (χ1) is 12.2. The average molecular weight is 355 g/mol. The molecule has 0 aliphatic carbocycles. The number of ether oxygens (including phenoxy) is 1. The van der Waals surface area contributed by atoms with E-state index in [-0.39, 0.29) is 12.1 Å². The van der Waals surface area contributed by atoms with Gasteiger partial charge in [-0.25, -0.2) is 0 Å². The van der Waals surface area contributed by atoms with Crippen molar-refractivity contribution in [1.29, 1.82) is 0 Å². The molecule has 0 fully saturated rings. The maximum atomic E-state index is 11.4. The van der Waals surface area contributed by atoms with E-state index in [1.807, 2.05) is 0 Å². The van der Waals surface area contributed by atoms with Crippen LogP contribution in [0, 0.1) is 0 Å². The molecule has 0 unspecified atom stereocenters. The second kappa shape index (κ2) is 19.5. The standard InChI is InChI=1S/C22H42O3/c1-3-5-7-14-17-21(23)18-15-12-10-8-9-11-13-16-19-22(24)25-20-6-4-2/h12,15,21,23H,3-11,13-14,16-20H2,1-2H3/b15-12-/t21-/m0/s1. The molecule has 0 aliphatic rings. The Morgan fingerprint density at radius 1 is 0.880 bits per heavy atom. The summed E-state index contributed by atoms with van der Waals surface area (Å²) in [5.74, 6) is -0.0374. The fraction of sp³-hybridized carbons (Fsp3) is 0.864. The lowest BCUT2D eigenvalue weighted by atomic mass is 10.1. The number of aliphatic hydroxyl groups excluding tert-OH is 1. The molecule has 0 aliphatic heterocycles. The van der Waals surface area contributed by atoms with Crippen LogP contribution in [0.2, 0.25) is 0 Å². The van der Waals surface area contributed by atoms with Gasteiger partial charge in [-0.05, 0) is 38.5 Å². The Kier molecular flexibility index (Phi) is 18.8. The lowest BCUT2D eigenvalue weighted by Gasteiger charge is -2.07. The molecular formula is C22H42O3. The minimum absolute atomic E-state index is 0.0374. The predicted molar refractivity (Wildman–Crippen MR) is 107 cm³/mol. The highest BCUT2D eigenvalue weighted by atomic mass is 16.5. The zero-order valence-corrected chi connectivity index (χ0v) is 16.8. The van der Waals surface area contributed by atoms with E-state index in [0.29, 0.717) is 13.0 Å². The second-order valence-corrected chi connectivity index (χ2v) is 7.09. The van der Waals surface area contributed by atoms with Gasteiger partial charge < -0.3 is 9.84 Å². The van der Waals surface area contributed by atoms with Crippen molar-refractivity contribution < 1.29 is 14.6 Å². The smallest absolute Gasteiger partial charge is 0.305 e. The van der Waals surface area contributed by atoms with E-state index in [1.54, 1.807) is 0 Å². The summed E-state index contributed by atoms with van der Waals surface area (Å²) in [6.07, 6.45) is 20.2. The molecule has 148 valence electrons. The normalized spacial score (nSPS) is 12.6. The second-order valence-electron chi connectivity index (χ2n) is 7.09. The highest BCUT2D eigenvalue weighted by molar-refractivity contribution is 5.69. The van der Waals surface area contributed by atoms with Crippen molar-refractivity contribution in [2.24, 2.45) is 0 Å². The highest BCUT2D eigenvalue weighted by Crippen LogP contribution is 2.10. The van der Waals surface area contributed by atoms with Crippen LogP contribution in [0.4, 0.5) is 0 Å². The minimum Gasteiger partial charge on any atom is -0.466 e. The number of carbonyl (C=O) groups is 1. The van der Waals surface area contributed by atoms with Crippen molar-refractivity contribution in [2.45, 2.75) is 116 Å². The molecule has 0 rings (SSSR count). The quantitative estimate of drug-likeness (QED) is 0.177. The number of carbonyl (C=O) groups excluding carboxylic acids is 1. The van der Waals surface area contributed by atoms with E-state index in [0.717, 1.165) is 51.4 Å². The summed E-state index contributed by atoms with van der Waals surface area (Å²) in [4.78, 5) is 11.4. The third-order valence-electron chi connectivity index (χ3n) is 4.48. The molecule has 25 heavy (non-hydrogen) atoms. The molecule has 0 saturated carbocycles. The van der Waals surface area contributed by atoms with Gasteiger partial charge in [0.25, 0.3) is 0 Å². The zero-order valence-electron chi connectivity index (χ0n) is 16.8. The van der Waals surface area contributed by atoms with Crippen LogP contribution >= 0.6 is 0 Å². The van der Waals surface area contributed by atoms with Gasteiger partial charge in [0, 0.05) is 6.42 Å². The number of hydrogen-bond acceptors (Lipinski definition) is 3. The first-order valence-electron chi connectivity index (χ1n) is 10.7. The fourth-order valence-corrected chi connectivity index (χ4v) is 2.76. The van der Waals surface area contributed by atoms with Gasteiger partial charge in [0.1, 0.15) is 0 Å². The van der Waals surface area contributed by atoms with Gasteiger partial charge in [0.05, 0.1) is 12.7 Å². The van der Waals surface area contributed by atoms with E-state index in [2.05, 4.69) is 26.0 Å². The van der Waals surface area contributed by atoms with Crippen molar-refractivity contribution in [2.75, 3.05) is 6.61 Å². The fourth-order valence-electron chi connectivity index (χ4n) is 2.76. The van der Waals surface area contributed by atoms with Gasteiger partial charge in [0.2, 0.25) is 0 Å². The van der Waals surface area contributed by atoms with Crippen LogP contribution in [-0.4, -0.2) is 23.8 Å². The molecule has 0 bridgehead atoms. The van der Waals surface area contributed by atoms with E-state index in [9.17, 15) is 9.90 Å². The Bertz CT molecular complexity index is 312. The van der Waals surface area contributed by atoms with E-state index < -0.39 is 0 Å². The van der Waals surface area contributed by atoms with Crippen molar-refractivity contribution in [3.05, 3.63) is 12.2 Å². The van der Waals surface area contributed by atoms with Crippen LogP contribution in [0.3, 0.4) is 0 Å². The largest absolute Gasteiger partial charge is 0.466 e. The maximum absolute atomic E-state index is 11.4. The summed E-state index contributed by atoms with van der Waals surface area (Å²) in [6, 6.07) is 0. The summed E-state index contributed by atoms with van der Waals surface area (Å²) in [6.45, 7) is 4.89. The average Bonchev–Trinajstić information content (AvgIpc) is 2.60. The lowest BCUT2D eigenvalue weighted by molar-refractivity contribution is -0.143. The topological polar surface area (TPSA) is 46.5 Å². The van der Waals surface area contributed by atoms with Crippen molar-refractivity contribution in [3.8, 4) is 0 Å². The van der Waals surface area contributed by atoms with Gasteiger partial charge in [-0.15, -0.1) is 0 Å². The Hall–Kier alpha value is -0.830. The first-order valence-corrected chi connectivity index (χ1v) is 10.7. The summed E-state index contributed by atoms with van der Waals surface area (Å²) in [7, 11) is 0. The Balaban J connectivity index is 3.30. The van der Waals surface area contributed by atoms with Crippen LogP contribution < -0.4 is 0 Å². The molecule has 3 heteroatoms. The molecule has 0 aromatic rings. The molecule has 0 heterocycles. The maximum Gasteiger partial charge on any atom is 0.305 e. The monoisotopic (exact) mass is 354 g/mol. The third kappa shape index (κ3) is 19.3. The number of allylic oxidation sites excluding steroid dienone is 1. The number of aliphatic hydroxyl groups is 1. The van der Waals surface area contributed by atoms with Crippen LogP contribution in [0.25, 0.3) is 0 Å². The Morgan fingerprint density at radius 3 is 2.32 bits per heavy atom. The van der Waals surface area contributed by atoms with Gasteiger partial charge in [-0.1, -0.05) is 77.4 Å². The molecule has 1 N–H and O–H groups in total. The molecule has 0 aromatic heterocycles. The van der Waals surface area contributed by atoms with Crippen LogP contribution in [0.1, 0.15) is 110 Å². The minimum atomic E-state index is -0.162. The predicted octanol–water partition coefficient (Wildman–Crippen LogP) is 6.34. The SMILES string of the molecule is CCCCCC[C@H](O)C/C=C\CCCCCCCC(=O)OCCCC. The van der Waals surface area contributed by atoms with E-state index in [1.165, 1.54) is 38.5 Å². The molecule has 3 nitrogen and oxygen atoms in total. The first kappa shape index (κ1) is 24.2.